The van der Waals surface area contributed by atoms with Crippen LogP contribution in [0.3, 0.4) is 0 Å². The first kappa shape index (κ1) is 15.9. The first-order valence-corrected chi connectivity index (χ1v) is 8.28. The molecule has 0 spiro atoms. The minimum atomic E-state index is -3.88. The molecule has 0 N–H and O–H groups in total. The zero-order valence-corrected chi connectivity index (χ0v) is 14.0. The van der Waals surface area contributed by atoms with Crippen molar-refractivity contribution >= 4 is 21.7 Å². The van der Waals surface area contributed by atoms with E-state index in [9.17, 15) is 8.42 Å². The van der Waals surface area contributed by atoms with Crippen LogP contribution in [0.5, 0.6) is 5.75 Å². The summed E-state index contributed by atoms with van der Waals surface area (Å²) in [5, 5.41) is 0.526. The lowest BCUT2D eigenvalue weighted by Crippen LogP contribution is -2.14. The fourth-order valence-corrected chi connectivity index (χ4v) is 3.86. The third kappa shape index (κ3) is 3.22. The summed E-state index contributed by atoms with van der Waals surface area (Å²) < 4.78 is 30.4. The number of aryl methyl sites for hydroxylation is 2. The van der Waals surface area contributed by atoms with Crippen LogP contribution in [0.15, 0.2) is 35.2 Å². The number of hydrogen-bond donors (Lipinski definition) is 0. The maximum atomic E-state index is 12.6. The minimum absolute atomic E-state index is 0.245. The molecule has 0 saturated carbocycles. The van der Waals surface area contributed by atoms with Gasteiger partial charge in [0.05, 0.1) is 0 Å². The maximum Gasteiger partial charge on any atom is 0.339 e. The Morgan fingerprint density at radius 3 is 1.86 bits per heavy atom. The van der Waals surface area contributed by atoms with E-state index in [4.69, 9.17) is 15.8 Å². The van der Waals surface area contributed by atoms with Gasteiger partial charge < -0.3 is 4.18 Å². The van der Waals surface area contributed by atoms with Crippen LogP contribution in [-0.2, 0) is 10.1 Å². The molecule has 0 fully saturated rings. The van der Waals surface area contributed by atoms with Gasteiger partial charge in [-0.15, -0.1) is 0 Å². The van der Waals surface area contributed by atoms with Crippen LogP contribution >= 0.6 is 11.6 Å². The summed E-state index contributed by atoms with van der Waals surface area (Å²) in [6.45, 7) is 7.37. The Hall–Kier alpha value is -1.52. The summed E-state index contributed by atoms with van der Waals surface area (Å²) in [7, 11) is -3.88. The van der Waals surface area contributed by atoms with Gasteiger partial charge in [-0.1, -0.05) is 17.7 Å². The van der Waals surface area contributed by atoms with Gasteiger partial charge in [0.15, 0.2) is 0 Å². The van der Waals surface area contributed by atoms with Crippen LogP contribution < -0.4 is 4.18 Å². The van der Waals surface area contributed by atoms with E-state index in [0.29, 0.717) is 16.1 Å². The summed E-state index contributed by atoms with van der Waals surface area (Å²) in [5.41, 5.74) is 3.28. The van der Waals surface area contributed by atoms with Crippen molar-refractivity contribution in [3.8, 4) is 5.75 Å². The van der Waals surface area contributed by atoms with Gasteiger partial charge in [0.25, 0.3) is 0 Å². The van der Waals surface area contributed by atoms with Gasteiger partial charge in [-0.3, -0.25) is 0 Å². The molecule has 0 aliphatic rings. The van der Waals surface area contributed by atoms with Crippen molar-refractivity contribution in [2.24, 2.45) is 0 Å². The number of halogens is 1. The van der Waals surface area contributed by atoms with E-state index >= 15 is 0 Å². The van der Waals surface area contributed by atoms with Crippen LogP contribution in [0.2, 0.25) is 5.02 Å². The lowest BCUT2D eigenvalue weighted by atomic mass is 10.0. The summed E-state index contributed by atoms with van der Waals surface area (Å²) in [4.78, 5) is 0.245. The maximum absolute atomic E-state index is 12.6. The molecule has 3 nitrogen and oxygen atoms in total. The van der Waals surface area contributed by atoms with Crippen LogP contribution in [-0.4, -0.2) is 8.42 Å². The molecule has 5 heteroatoms. The van der Waals surface area contributed by atoms with E-state index in [1.807, 2.05) is 19.9 Å². The molecule has 0 atom stereocenters. The van der Waals surface area contributed by atoms with Crippen molar-refractivity contribution in [2.75, 3.05) is 0 Å². The molecule has 21 heavy (non-hydrogen) atoms. The van der Waals surface area contributed by atoms with Crippen molar-refractivity contribution in [3.63, 3.8) is 0 Å². The molecule has 0 aromatic heterocycles. The Balaban J connectivity index is 2.52. The minimum Gasteiger partial charge on any atom is -0.379 e. The van der Waals surface area contributed by atoms with Crippen LogP contribution in [0.25, 0.3) is 0 Å². The van der Waals surface area contributed by atoms with Crippen molar-refractivity contribution in [3.05, 3.63) is 57.6 Å². The Labute approximate surface area is 130 Å². The van der Waals surface area contributed by atoms with Gasteiger partial charge in [-0.2, -0.15) is 8.42 Å². The molecule has 112 valence electrons. The molecular weight excluding hydrogens is 308 g/mol. The molecule has 0 heterocycles. The van der Waals surface area contributed by atoms with Crippen molar-refractivity contribution < 1.29 is 12.6 Å². The fourth-order valence-electron chi connectivity index (χ4n) is 2.21. The first-order chi connectivity index (χ1) is 9.72. The Kier molecular flexibility index (Phi) is 4.30. The highest BCUT2D eigenvalue weighted by molar-refractivity contribution is 7.87. The number of benzene rings is 2. The van der Waals surface area contributed by atoms with Crippen molar-refractivity contribution in [1.82, 2.24) is 0 Å². The molecular formula is C16H17ClO3S. The SMILES string of the molecule is Cc1cc(C)c(C)c(S(=O)(=O)Oc2ccc(Cl)cc2)c1C. The van der Waals surface area contributed by atoms with E-state index in [1.54, 1.807) is 26.0 Å². The van der Waals surface area contributed by atoms with E-state index in [2.05, 4.69) is 0 Å². The highest BCUT2D eigenvalue weighted by atomic mass is 35.5. The van der Waals surface area contributed by atoms with Crippen LogP contribution in [0.4, 0.5) is 0 Å². The molecule has 0 bridgehead atoms. The molecule has 0 saturated heterocycles. The molecule has 0 aliphatic heterocycles. The predicted octanol–water partition coefficient (Wildman–Crippen LogP) is 4.34. The topological polar surface area (TPSA) is 43.4 Å². The van der Waals surface area contributed by atoms with E-state index in [1.165, 1.54) is 12.1 Å². The molecule has 0 radical (unpaired) electrons. The second kappa shape index (κ2) is 5.70. The number of rotatable bonds is 3. The Morgan fingerprint density at radius 1 is 0.905 bits per heavy atom. The molecule has 2 aromatic rings. The third-order valence-electron chi connectivity index (χ3n) is 3.57. The van der Waals surface area contributed by atoms with Gasteiger partial charge in [-0.25, -0.2) is 0 Å². The van der Waals surface area contributed by atoms with E-state index in [-0.39, 0.29) is 10.6 Å². The van der Waals surface area contributed by atoms with Crippen LogP contribution in [0.1, 0.15) is 22.3 Å². The average molecular weight is 325 g/mol. The van der Waals surface area contributed by atoms with Crippen LogP contribution in [0, 0.1) is 27.7 Å². The second-order valence-corrected chi connectivity index (χ2v) is 7.00. The second-order valence-electron chi connectivity index (χ2n) is 5.08. The zero-order chi connectivity index (χ0) is 15.8. The largest absolute Gasteiger partial charge is 0.379 e. The number of hydrogen-bond acceptors (Lipinski definition) is 3. The fraction of sp³-hybridized carbons (Fsp3) is 0.250. The monoisotopic (exact) mass is 324 g/mol. The van der Waals surface area contributed by atoms with Gasteiger partial charge in [0, 0.05) is 5.02 Å². The van der Waals surface area contributed by atoms with E-state index in [0.717, 1.165) is 11.1 Å². The standard InChI is InChI=1S/C16H17ClO3S/c1-10-9-11(2)13(4)16(12(10)3)21(18,19)20-15-7-5-14(17)6-8-15/h5-9H,1-4H3. The van der Waals surface area contributed by atoms with Crippen molar-refractivity contribution in [1.29, 1.82) is 0 Å². The smallest absolute Gasteiger partial charge is 0.339 e. The normalized spacial score (nSPS) is 11.5. The highest BCUT2D eigenvalue weighted by Crippen LogP contribution is 2.29. The molecule has 2 rings (SSSR count). The summed E-state index contributed by atoms with van der Waals surface area (Å²) >= 11 is 5.79. The third-order valence-corrected chi connectivity index (χ3v) is 5.34. The van der Waals surface area contributed by atoms with Crippen molar-refractivity contribution in [2.45, 2.75) is 32.6 Å². The summed E-state index contributed by atoms with van der Waals surface area (Å²) in [6.07, 6.45) is 0. The molecule has 2 aromatic carbocycles. The zero-order valence-electron chi connectivity index (χ0n) is 12.4. The lowest BCUT2D eigenvalue weighted by Gasteiger charge is -2.15. The first-order valence-electron chi connectivity index (χ1n) is 6.50. The van der Waals surface area contributed by atoms with E-state index < -0.39 is 10.1 Å². The molecule has 0 unspecified atom stereocenters. The highest BCUT2D eigenvalue weighted by Gasteiger charge is 2.24. The van der Waals surface area contributed by atoms with Gasteiger partial charge >= 0.3 is 10.1 Å². The van der Waals surface area contributed by atoms with Gasteiger partial charge in [-0.05, 0) is 74.2 Å². The predicted molar refractivity (Wildman–Crippen MR) is 84.7 cm³/mol. The van der Waals surface area contributed by atoms with Gasteiger partial charge in [0.1, 0.15) is 10.6 Å². The Bertz CT molecular complexity index is 752. The molecule has 0 amide bonds. The summed E-state index contributed by atoms with van der Waals surface area (Å²) in [6, 6.07) is 8.23. The molecule has 0 aliphatic carbocycles. The Morgan fingerprint density at radius 2 is 1.38 bits per heavy atom. The van der Waals surface area contributed by atoms with Gasteiger partial charge in [0.2, 0.25) is 0 Å². The quantitative estimate of drug-likeness (QED) is 0.789. The average Bonchev–Trinajstić information content (AvgIpc) is 2.39. The summed E-state index contributed by atoms with van der Waals surface area (Å²) in [5.74, 6) is 0.248. The lowest BCUT2D eigenvalue weighted by molar-refractivity contribution is 0.484.